The Hall–Kier alpha value is -1.61. The molecule has 18 heavy (non-hydrogen) atoms. The zero-order valence-corrected chi connectivity index (χ0v) is 10.4. The van der Waals surface area contributed by atoms with Gasteiger partial charge < -0.3 is 4.42 Å². The van der Waals surface area contributed by atoms with Crippen LogP contribution in [-0.2, 0) is 11.2 Å². The molecule has 4 heteroatoms. The van der Waals surface area contributed by atoms with Crippen LogP contribution in [0.5, 0.6) is 0 Å². The molecule has 1 aromatic heterocycles. The average Bonchev–Trinajstić information content (AvgIpc) is 2.69. The fourth-order valence-electron chi connectivity index (χ4n) is 1.57. The van der Waals surface area contributed by atoms with E-state index >= 15 is 0 Å². The molecular formula is C14H16ClNO2. The lowest BCUT2D eigenvalue weighted by Crippen LogP contribution is -1.96. The summed E-state index contributed by atoms with van der Waals surface area (Å²) in [6.45, 7) is 3.49. The van der Waals surface area contributed by atoms with Crippen LogP contribution < -0.4 is 0 Å². The summed E-state index contributed by atoms with van der Waals surface area (Å²) in [6.07, 6.45) is 1.78. The molecule has 0 saturated carbocycles. The van der Waals surface area contributed by atoms with E-state index in [0.29, 0.717) is 16.6 Å². The molecule has 3 nitrogen and oxygen atoms in total. The first kappa shape index (κ1) is 14.5. The second-order valence-corrected chi connectivity index (χ2v) is 4.41. The minimum Gasteiger partial charge on any atom is -0.444 e. The van der Waals surface area contributed by atoms with Gasteiger partial charge in [-0.1, -0.05) is 30.7 Å². The van der Waals surface area contributed by atoms with Crippen molar-refractivity contribution in [2.24, 2.45) is 0 Å². The van der Waals surface area contributed by atoms with Gasteiger partial charge >= 0.3 is 0 Å². The fourth-order valence-corrected chi connectivity index (χ4v) is 1.77. The molecule has 0 atom stereocenters. The van der Waals surface area contributed by atoms with E-state index in [2.05, 4.69) is 4.98 Å². The fraction of sp³-hybridized carbons (Fsp3) is 0.286. The molecule has 1 heterocycles. The zero-order valence-electron chi connectivity index (χ0n) is 9.66. The van der Waals surface area contributed by atoms with Gasteiger partial charge in [-0.05, 0) is 26.0 Å². The van der Waals surface area contributed by atoms with E-state index in [4.69, 9.17) is 16.0 Å². The van der Waals surface area contributed by atoms with Gasteiger partial charge in [-0.25, -0.2) is 4.98 Å². The molecule has 0 amide bonds. The Morgan fingerprint density at radius 2 is 2.17 bits per heavy atom. The van der Waals surface area contributed by atoms with Crippen LogP contribution in [0.15, 0.2) is 28.9 Å². The number of Topliss-reactive ketones (excluding diaryl/α,β-unsaturated/α-hetero) is 1. The van der Waals surface area contributed by atoms with Gasteiger partial charge in [-0.2, -0.15) is 0 Å². The van der Waals surface area contributed by atoms with Gasteiger partial charge in [0.1, 0.15) is 12.0 Å². The molecule has 0 aliphatic carbocycles. The van der Waals surface area contributed by atoms with Gasteiger partial charge in [0.2, 0.25) is 5.89 Å². The first-order valence-corrected chi connectivity index (χ1v) is 5.64. The quantitative estimate of drug-likeness (QED) is 0.840. The van der Waals surface area contributed by atoms with E-state index in [1.807, 2.05) is 19.1 Å². The minimum absolute atomic E-state index is 0. The van der Waals surface area contributed by atoms with Gasteiger partial charge in [0.15, 0.2) is 0 Å². The van der Waals surface area contributed by atoms with Crippen LogP contribution in [0.4, 0.5) is 0 Å². The number of oxazole rings is 1. The first-order chi connectivity index (χ1) is 8.06. The van der Waals surface area contributed by atoms with Crippen LogP contribution in [0.1, 0.15) is 25.6 Å². The van der Waals surface area contributed by atoms with Crippen molar-refractivity contribution >= 4 is 17.4 Å². The van der Waals surface area contributed by atoms with Crippen LogP contribution in [0.3, 0.4) is 0 Å². The number of hydrogen-bond donors (Lipinski definition) is 0. The van der Waals surface area contributed by atoms with E-state index < -0.39 is 0 Å². The van der Waals surface area contributed by atoms with Crippen molar-refractivity contribution < 1.29 is 9.21 Å². The number of ketones is 1. The Kier molecular flexibility index (Phi) is 4.68. The predicted octanol–water partition coefficient (Wildman–Crippen LogP) is 4.07. The molecule has 0 spiro atoms. The lowest BCUT2D eigenvalue weighted by atomic mass is 10.1. The second-order valence-electron chi connectivity index (χ2n) is 4.01. The molecule has 0 aliphatic heterocycles. The van der Waals surface area contributed by atoms with Crippen LogP contribution in [0.25, 0.3) is 11.5 Å². The number of aryl methyl sites for hydroxylation is 1. The Morgan fingerprint density at radius 3 is 2.83 bits per heavy atom. The van der Waals surface area contributed by atoms with E-state index in [1.54, 1.807) is 6.07 Å². The molecule has 96 valence electrons. The molecule has 0 N–H and O–H groups in total. The van der Waals surface area contributed by atoms with Crippen molar-refractivity contribution in [1.29, 1.82) is 0 Å². The van der Waals surface area contributed by atoms with Gasteiger partial charge in [0.25, 0.3) is 0 Å². The highest BCUT2D eigenvalue weighted by Crippen LogP contribution is 2.28. The first-order valence-electron chi connectivity index (χ1n) is 5.26. The highest BCUT2D eigenvalue weighted by atomic mass is 35.5. The number of carbonyl (C=O) groups excluding carboxylic acids is 1. The summed E-state index contributed by atoms with van der Waals surface area (Å²) < 4.78 is 5.34. The molecule has 2 aromatic rings. The normalized spacial score (nSPS) is 9.94. The molecule has 0 aliphatic rings. The monoisotopic (exact) mass is 265 g/mol. The highest BCUT2D eigenvalue weighted by Gasteiger charge is 2.11. The van der Waals surface area contributed by atoms with E-state index in [9.17, 15) is 4.79 Å². The summed E-state index contributed by atoms with van der Waals surface area (Å²) in [5, 5.41) is 0.590. The summed E-state index contributed by atoms with van der Waals surface area (Å²) >= 11 is 6.08. The summed E-state index contributed by atoms with van der Waals surface area (Å²) in [4.78, 5) is 15.2. The Bertz CT molecular complexity index is 561. The van der Waals surface area contributed by atoms with Crippen LogP contribution in [0, 0.1) is 6.92 Å². The van der Waals surface area contributed by atoms with Gasteiger partial charge in [0, 0.05) is 0 Å². The van der Waals surface area contributed by atoms with Gasteiger partial charge in [0.05, 0.1) is 22.7 Å². The Balaban J connectivity index is 0.00000162. The third-order valence-corrected chi connectivity index (χ3v) is 2.66. The number of hydrogen-bond acceptors (Lipinski definition) is 3. The molecule has 0 radical (unpaired) electrons. The summed E-state index contributed by atoms with van der Waals surface area (Å²) in [5.74, 6) is 0.509. The van der Waals surface area contributed by atoms with E-state index in [-0.39, 0.29) is 19.6 Å². The topological polar surface area (TPSA) is 43.1 Å². The average molecular weight is 266 g/mol. The zero-order chi connectivity index (χ0) is 12.4. The standard InChI is InChI=1S/C13H12ClNO2.CH4/c1-8-3-4-12(14)11(5-8)13-15-10(7-17-13)6-9(2)16;/h3-5,7H,6H2,1-2H3;1H4. The largest absolute Gasteiger partial charge is 0.444 e. The van der Waals surface area contributed by atoms with Crippen molar-refractivity contribution in [3.8, 4) is 11.5 Å². The van der Waals surface area contributed by atoms with Crippen LogP contribution in [0.2, 0.25) is 5.02 Å². The third-order valence-electron chi connectivity index (χ3n) is 2.33. The molecule has 1 aromatic carbocycles. The molecule has 2 rings (SSSR count). The lowest BCUT2D eigenvalue weighted by molar-refractivity contribution is -0.116. The molecule has 0 saturated heterocycles. The highest BCUT2D eigenvalue weighted by molar-refractivity contribution is 6.33. The van der Waals surface area contributed by atoms with E-state index in [0.717, 1.165) is 11.1 Å². The number of rotatable bonds is 3. The predicted molar refractivity (Wildman–Crippen MR) is 72.8 cm³/mol. The molecular weight excluding hydrogens is 250 g/mol. The third kappa shape index (κ3) is 3.20. The second kappa shape index (κ2) is 5.83. The molecule has 0 bridgehead atoms. The Labute approximate surface area is 112 Å². The lowest BCUT2D eigenvalue weighted by Gasteiger charge is -2.00. The maximum atomic E-state index is 11.0. The number of halogens is 1. The SMILES string of the molecule is C.CC(=O)Cc1coc(-c2cc(C)ccc2Cl)n1. The van der Waals surface area contributed by atoms with Gasteiger partial charge in [-0.3, -0.25) is 4.79 Å². The summed E-state index contributed by atoms with van der Waals surface area (Å²) in [7, 11) is 0. The Morgan fingerprint density at radius 1 is 1.44 bits per heavy atom. The molecule has 0 unspecified atom stereocenters. The minimum atomic E-state index is 0. The number of carbonyl (C=O) groups is 1. The van der Waals surface area contributed by atoms with Gasteiger partial charge in [-0.15, -0.1) is 0 Å². The van der Waals surface area contributed by atoms with Crippen molar-refractivity contribution in [1.82, 2.24) is 4.98 Å². The summed E-state index contributed by atoms with van der Waals surface area (Å²) in [5.41, 5.74) is 2.46. The molecule has 0 fully saturated rings. The summed E-state index contributed by atoms with van der Waals surface area (Å²) in [6, 6.07) is 5.64. The number of nitrogens with zero attached hydrogens (tertiary/aromatic N) is 1. The number of aromatic nitrogens is 1. The van der Waals surface area contributed by atoms with Crippen molar-refractivity contribution in [3.05, 3.63) is 40.7 Å². The maximum absolute atomic E-state index is 11.0. The van der Waals surface area contributed by atoms with Crippen molar-refractivity contribution in [2.45, 2.75) is 27.7 Å². The van der Waals surface area contributed by atoms with Crippen LogP contribution >= 0.6 is 11.6 Å². The smallest absolute Gasteiger partial charge is 0.227 e. The maximum Gasteiger partial charge on any atom is 0.227 e. The van der Waals surface area contributed by atoms with E-state index in [1.165, 1.54) is 13.2 Å². The number of benzene rings is 1. The van der Waals surface area contributed by atoms with Crippen molar-refractivity contribution in [2.75, 3.05) is 0 Å². The van der Waals surface area contributed by atoms with Crippen molar-refractivity contribution in [3.63, 3.8) is 0 Å². The van der Waals surface area contributed by atoms with Crippen LogP contribution in [-0.4, -0.2) is 10.8 Å².